The lowest BCUT2D eigenvalue weighted by molar-refractivity contribution is -0.153. The summed E-state index contributed by atoms with van der Waals surface area (Å²) in [4.78, 5) is 25.0. The average molecular weight is 330 g/mol. The maximum atomic E-state index is 12.5. The van der Waals surface area contributed by atoms with E-state index in [1.807, 2.05) is 82.2 Å². The van der Waals surface area contributed by atoms with Crippen molar-refractivity contribution < 1.29 is 14.3 Å². The van der Waals surface area contributed by atoms with Gasteiger partial charge in [-0.25, -0.2) is 9.59 Å². The predicted octanol–water partition coefficient (Wildman–Crippen LogP) is 3.46. The van der Waals surface area contributed by atoms with E-state index in [0.29, 0.717) is 0 Å². The summed E-state index contributed by atoms with van der Waals surface area (Å²) in [5.41, 5.74) is 1.81. The van der Waals surface area contributed by atoms with Crippen molar-refractivity contribution >= 4 is 33.7 Å². The van der Waals surface area contributed by atoms with Crippen molar-refractivity contribution in [3.63, 3.8) is 0 Å². The van der Waals surface area contributed by atoms with Crippen molar-refractivity contribution in [3.8, 4) is 0 Å². The van der Waals surface area contributed by atoms with Gasteiger partial charge in [0, 0.05) is 23.4 Å². The number of esters is 2. The van der Waals surface area contributed by atoms with E-state index in [-0.39, 0.29) is 0 Å². The van der Waals surface area contributed by atoms with Gasteiger partial charge in [-0.1, -0.05) is 36.4 Å². The van der Waals surface area contributed by atoms with Crippen LogP contribution in [-0.2, 0) is 14.3 Å². The Morgan fingerprint density at radius 2 is 1.08 bits per heavy atom. The summed E-state index contributed by atoms with van der Waals surface area (Å²) in [5.74, 6) is -1.04. The van der Waals surface area contributed by atoms with Crippen molar-refractivity contribution in [1.82, 2.24) is 9.13 Å². The number of nitrogens with zero attached hydrogens (tertiary/aromatic N) is 2. The number of benzene rings is 2. The second-order valence-corrected chi connectivity index (χ2v) is 6.19. The summed E-state index contributed by atoms with van der Waals surface area (Å²) in [6, 6.07) is 18.0. The molecule has 5 nitrogen and oxygen atoms in total. The molecule has 1 aliphatic rings. The molecular formula is C20H14N2O3. The molecule has 0 bridgehead atoms. The minimum absolute atomic E-state index is 0.519. The normalized spacial score (nSPS) is 20.5. The number of carbonyl (C=O) groups excluding carboxylic acids is 2. The van der Waals surface area contributed by atoms with Crippen LogP contribution in [0, 0.1) is 0 Å². The third kappa shape index (κ3) is 1.96. The number of cyclic esters (lactones) is 2. The molecular weight excluding hydrogens is 316 g/mol. The van der Waals surface area contributed by atoms with Crippen LogP contribution in [0.1, 0.15) is 12.1 Å². The fourth-order valence-electron chi connectivity index (χ4n) is 3.70. The zero-order chi connectivity index (χ0) is 17.0. The maximum Gasteiger partial charge on any atom is 0.339 e. The third-order valence-corrected chi connectivity index (χ3v) is 4.84. The summed E-state index contributed by atoms with van der Waals surface area (Å²) < 4.78 is 8.68. The SMILES string of the molecule is O=C1OC(=O)C(n2ccc3ccccc32)C1n1ccc2ccccc21. The molecule has 25 heavy (non-hydrogen) atoms. The highest BCUT2D eigenvalue weighted by Gasteiger charge is 2.47. The molecule has 0 N–H and O–H groups in total. The first-order valence-electron chi connectivity index (χ1n) is 8.11. The first-order valence-corrected chi connectivity index (χ1v) is 8.11. The van der Waals surface area contributed by atoms with Crippen LogP contribution >= 0.6 is 0 Å². The van der Waals surface area contributed by atoms with Crippen LogP contribution in [-0.4, -0.2) is 21.1 Å². The lowest BCUT2D eigenvalue weighted by atomic mass is 10.1. The molecule has 0 aliphatic carbocycles. The van der Waals surface area contributed by atoms with Gasteiger partial charge in [-0.15, -0.1) is 0 Å². The number of aromatic nitrogens is 2. The maximum absolute atomic E-state index is 12.5. The molecule has 0 spiro atoms. The van der Waals surface area contributed by atoms with E-state index in [2.05, 4.69) is 0 Å². The standard InChI is InChI=1S/C20H14N2O3/c23-19-17(21-11-9-13-5-1-3-7-15(13)21)18(20(24)25-19)22-12-10-14-6-2-4-8-16(14)22/h1-12,17-18H. The van der Waals surface area contributed by atoms with Crippen LogP contribution in [0.25, 0.3) is 21.8 Å². The second-order valence-electron chi connectivity index (χ2n) is 6.19. The van der Waals surface area contributed by atoms with E-state index in [1.165, 1.54) is 0 Å². The summed E-state index contributed by atoms with van der Waals surface area (Å²) in [5, 5.41) is 2.04. The molecule has 2 aromatic carbocycles. The van der Waals surface area contributed by atoms with E-state index in [9.17, 15) is 9.59 Å². The monoisotopic (exact) mass is 330 g/mol. The molecule has 2 aromatic heterocycles. The number of para-hydroxylation sites is 2. The first-order chi connectivity index (χ1) is 12.2. The van der Waals surface area contributed by atoms with Gasteiger partial charge in [-0.3, -0.25) is 0 Å². The molecule has 4 aromatic rings. The van der Waals surface area contributed by atoms with E-state index in [0.717, 1.165) is 21.8 Å². The molecule has 1 fully saturated rings. The molecule has 5 heteroatoms. The Morgan fingerprint density at radius 1 is 0.640 bits per heavy atom. The highest BCUT2D eigenvalue weighted by molar-refractivity contribution is 6.00. The summed E-state index contributed by atoms with van der Waals surface area (Å²) >= 11 is 0. The third-order valence-electron chi connectivity index (χ3n) is 4.84. The van der Waals surface area contributed by atoms with Crippen LogP contribution in [0.5, 0.6) is 0 Å². The molecule has 0 radical (unpaired) electrons. The van der Waals surface area contributed by atoms with Crippen LogP contribution in [0.2, 0.25) is 0 Å². The number of ether oxygens (including phenoxy) is 1. The number of rotatable bonds is 2. The van der Waals surface area contributed by atoms with E-state index >= 15 is 0 Å². The molecule has 0 amide bonds. The Balaban J connectivity index is 1.72. The number of carbonyl (C=O) groups is 2. The largest absolute Gasteiger partial charge is 0.390 e. The number of hydrogen-bond acceptors (Lipinski definition) is 3. The quantitative estimate of drug-likeness (QED) is 0.418. The molecule has 1 saturated heterocycles. The molecule has 3 heterocycles. The van der Waals surface area contributed by atoms with Gasteiger partial charge in [0.25, 0.3) is 0 Å². The van der Waals surface area contributed by atoms with E-state index < -0.39 is 24.0 Å². The van der Waals surface area contributed by atoms with Gasteiger partial charge in [-0.2, -0.15) is 0 Å². The van der Waals surface area contributed by atoms with Gasteiger partial charge in [-0.05, 0) is 35.0 Å². The minimum Gasteiger partial charge on any atom is -0.390 e. The van der Waals surface area contributed by atoms with Crippen LogP contribution < -0.4 is 0 Å². The van der Waals surface area contributed by atoms with Crippen molar-refractivity contribution in [2.45, 2.75) is 12.1 Å². The first kappa shape index (κ1) is 14.0. The lowest BCUT2D eigenvalue weighted by Gasteiger charge is -2.19. The number of hydrogen-bond donors (Lipinski definition) is 0. The predicted molar refractivity (Wildman–Crippen MR) is 93.0 cm³/mol. The Kier molecular flexibility index (Phi) is 2.85. The van der Waals surface area contributed by atoms with Gasteiger partial charge in [0.1, 0.15) is 0 Å². The fraction of sp³-hybridized carbons (Fsp3) is 0.100. The molecule has 2 atom stereocenters. The van der Waals surface area contributed by atoms with Crippen molar-refractivity contribution in [2.75, 3.05) is 0 Å². The zero-order valence-electron chi connectivity index (χ0n) is 13.2. The van der Waals surface area contributed by atoms with Gasteiger partial charge >= 0.3 is 11.9 Å². The Bertz CT molecular complexity index is 1050. The lowest BCUT2D eigenvalue weighted by Crippen LogP contribution is -2.24. The van der Waals surface area contributed by atoms with E-state index in [1.54, 1.807) is 0 Å². The molecule has 5 rings (SSSR count). The summed E-state index contributed by atoms with van der Waals surface area (Å²) in [7, 11) is 0. The molecule has 1 aliphatic heterocycles. The highest BCUT2D eigenvalue weighted by atomic mass is 16.6. The van der Waals surface area contributed by atoms with Gasteiger partial charge in [0.15, 0.2) is 12.1 Å². The smallest absolute Gasteiger partial charge is 0.339 e. The Hall–Kier alpha value is -3.34. The summed E-state index contributed by atoms with van der Waals surface area (Å²) in [6.07, 6.45) is 3.68. The molecule has 0 saturated carbocycles. The van der Waals surface area contributed by atoms with Gasteiger partial charge < -0.3 is 13.9 Å². The van der Waals surface area contributed by atoms with Crippen LogP contribution in [0.15, 0.2) is 73.1 Å². The zero-order valence-corrected chi connectivity index (χ0v) is 13.2. The van der Waals surface area contributed by atoms with E-state index in [4.69, 9.17) is 4.74 Å². The highest BCUT2D eigenvalue weighted by Crippen LogP contribution is 2.37. The Morgan fingerprint density at radius 3 is 1.56 bits per heavy atom. The van der Waals surface area contributed by atoms with Crippen LogP contribution in [0.3, 0.4) is 0 Å². The van der Waals surface area contributed by atoms with Crippen molar-refractivity contribution in [3.05, 3.63) is 73.1 Å². The summed E-state index contributed by atoms with van der Waals surface area (Å²) in [6.45, 7) is 0. The molecule has 2 unspecified atom stereocenters. The Labute approximate surface area is 143 Å². The van der Waals surface area contributed by atoms with Crippen molar-refractivity contribution in [1.29, 1.82) is 0 Å². The average Bonchev–Trinajstić information content (AvgIpc) is 3.30. The second kappa shape index (κ2) is 5.08. The molecule has 122 valence electrons. The van der Waals surface area contributed by atoms with Crippen molar-refractivity contribution in [2.24, 2.45) is 0 Å². The minimum atomic E-state index is -0.719. The van der Waals surface area contributed by atoms with Gasteiger partial charge in [0.05, 0.1) is 0 Å². The fourth-order valence-corrected chi connectivity index (χ4v) is 3.70. The number of fused-ring (bicyclic) bond motifs is 2. The topological polar surface area (TPSA) is 53.2 Å². The van der Waals surface area contributed by atoms with Gasteiger partial charge in [0.2, 0.25) is 0 Å². The van der Waals surface area contributed by atoms with Crippen LogP contribution in [0.4, 0.5) is 0 Å².